The van der Waals surface area contributed by atoms with E-state index in [1.807, 2.05) is 0 Å². The largest absolute Gasteiger partial charge is 0.419 e. The molecule has 1 aromatic rings. The van der Waals surface area contributed by atoms with E-state index in [9.17, 15) is 21.6 Å². The van der Waals surface area contributed by atoms with Crippen LogP contribution in [0.5, 0.6) is 0 Å². The maximum absolute atomic E-state index is 12.7. The zero-order valence-corrected chi connectivity index (χ0v) is 12.0. The van der Waals surface area contributed by atoms with E-state index in [1.54, 1.807) is 0 Å². The van der Waals surface area contributed by atoms with Crippen molar-refractivity contribution in [2.24, 2.45) is 5.14 Å². The zero-order valence-electron chi connectivity index (χ0n) is 8.74. The lowest BCUT2D eigenvalue weighted by molar-refractivity contribution is -0.140. The van der Waals surface area contributed by atoms with Crippen LogP contribution >= 0.6 is 27.7 Å². The van der Waals surface area contributed by atoms with Crippen molar-refractivity contribution in [3.8, 4) is 0 Å². The summed E-state index contributed by atoms with van der Waals surface area (Å²) in [6.07, 6.45) is -3.32. The standard InChI is InChI=1S/C8H8BrF3N2O2S2/c9-5-3-6(8(10,11)12)7(14-4-5)17-1-2-18(13,15)16/h3-4H,1-2H2,(H2,13,15,16). The Bertz CT molecular complexity index is 534. The maximum Gasteiger partial charge on any atom is 0.419 e. The van der Waals surface area contributed by atoms with Gasteiger partial charge >= 0.3 is 6.18 Å². The zero-order chi connectivity index (χ0) is 14.0. The SMILES string of the molecule is NS(=O)(=O)CCSc1ncc(Br)cc1C(F)(F)F. The van der Waals surface area contributed by atoms with E-state index in [0.717, 1.165) is 6.07 Å². The van der Waals surface area contributed by atoms with Gasteiger partial charge in [-0.05, 0) is 22.0 Å². The Morgan fingerprint density at radius 1 is 1.44 bits per heavy atom. The number of hydrogen-bond acceptors (Lipinski definition) is 4. The third-order valence-electron chi connectivity index (χ3n) is 1.73. The van der Waals surface area contributed by atoms with Crippen molar-refractivity contribution in [2.75, 3.05) is 11.5 Å². The van der Waals surface area contributed by atoms with Crippen LogP contribution in [0.4, 0.5) is 13.2 Å². The number of thioether (sulfide) groups is 1. The molecule has 2 N–H and O–H groups in total. The van der Waals surface area contributed by atoms with Crippen LogP contribution in [0.2, 0.25) is 0 Å². The fourth-order valence-electron chi connectivity index (χ4n) is 0.999. The first kappa shape index (κ1) is 15.7. The van der Waals surface area contributed by atoms with Gasteiger partial charge in [-0.25, -0.2) is 18.5 Å². The molecule has 0 aliphatic heterocycles. The first-order valence-corrected chi connectivity index (χ1v) is 7.95. The number of halogens is 4. The minimum absolute atomic E-state index is 0.0868. The Morgan fingerprint density at radius 2 is 2.06 bits per heavy atom. The molecule has 0 aromatic carbocycles. The number of hydrogen-bond donors (Lipinski definition) is 1. The highest BCUT2D eigenvalue weighted by Gasteiger charge is 2.34. The molecule has 0 saturated carbocycles. The summed E-state index contributed by atoms with van der Waals surface area (Å²) < 4.78 is 59.6. The number of nitrogens with zero attached hydrogens (tertiary/aromatic N) is 1. The molecule has 0 radical (unpaired) electrons. The van der Waals surface area contributed by atoms with Crippen LogP contribution in [0.3, 0.4) is 0 Å². The second-order valence-electron chi connectivity index (χ2n) is 3.22. The van der Waals surface area contributed by atoms with Gasteiger partial charge in [0.25, 0.3) is 0 Å². The molecule has 0 atom stereocenters. The number of alkyl halides is 3. The number of sulfonamides is 1. The molecule has 0 aliphatic rings. The molecular formula is C8H8BrF3N2O2S2. The predicted molar refractivity (Wildman–Crippen MR) is 65.6 cm³/mol. The molecule has 1 rings (SSSR count). The van der Waals surface area contributed by atoms with Gasteiger partial charge in [-0.1, -0.05) is 0 Å². The Balaban J connectivity index is 2.89. The predicted octanol–water partition coefficient (Wildman–Crippen LogP) is 2.24. The Labute approximate surface area is 114 Å². The molecule has 1 aromatic heterocycles. The van der Waals surface area contributed by atoms with E-state index in [4.69, 9.17) is 5.14 Å². The molecule has 0 saturated heterocycles. The van der Waals surface area contributed by atoms with E-state index in [0.29, 0.717) is 11.8 Å². The van der Waals surface area contributed by atoms with E-state index < -0.39 is 27.5 Å². The average molecular weight is 365 g/mol. The summed E-state index contributed by atoms with van der Waals surface area (Å²) in [5.74, 6) is -0.497. The molecule has 1 heterocycles. The molecule has 10 heteroatoms. The van der Waals surface area contributed by atoms with Crippen molar-refractivity contribution in [2.45, 2.75) is 11.2 Å². The monoisotopic (exact) mass is 364 g/mol. The maximum atomic E-state index is 12.7. The van der Waals surface area contributed by atoms with Gasteiger partial charge in [0.2, 0.25) is 10.0 Å². The lowest BCUT2D eigenvalue weighted by Crippen LogP contribution is -2.18. The Hall–Kier alpha value is -0.320. The van der Waals surface area contributed by atoms with E-state index in [-0.39, 0.29) is 15.3 Å². The highest BCUT2D eigenvalue weighted by Crippen LogP contribution is 2.36. The third-order valence-corrected chi connectivity index (χ3v) is 4.20. The van der Waals surface area contributed by atoms with Crippen molar-refractivity contribution >= 4 is 37.7 Å². The van der Waals surface area contributed by atoms with Crippen molar-refractivity contribution in [1.29, 1.82) is 0 Å². The van der Waals surface area contributed by atoms with Gasteiger partial charge in [-0.15, -0.1) is 11.8 Å². The Kier molecular flexibility index (Phi) is 5.04. The van der Waals surface area contributed by atoms with Crippen LogP contribution in [-0.4, -0.2) is 24.9 Å². The molecule has 0 unspecified atom stereocenters. The molecule has 102 valence electrons. The molecule has 0 fully saturated rings. The van der Waals surface area contributed by atoms with Crippen LogP contribution in [0.15, 0.2) is 21.8 Å². The van der Waals surface area contributed by atoms with Crippen molar-refractivity contribution < 1.29 is 21.6 Å². The molecule has 18 heavy (non-hydrogen) atoms. The Morgan fingerprint density at radius 3 is 2.56 bits per heavy atom. The second-order valence-corrected chi connectivity index (χ2v) is 6.95. The minimum atomic E-state index is -4.54. The summed E-state index contributed by atoms with van der Waals surface area (Å²) in [5.41, 5.74) is -0.906. The average Bonchev–Trinajstić information content (AvgIpc) is 2.17. The van der Waals surface area contributed by atoms with Gasteiger partial charge < -0.3 is 0 Å². The lowest BCUT2D eigenvalue weighted by Gasteiger charge is -2.11. The smallest absolute Gasteiger partial charge is 0.248 e. The van der Waals surface area contributed by atoms with Gasteiger partial charge in [-0.2, -0.15) is 13.2 Å². The molecule has 0 amide bonds. The molecule has 4 nitrogen and oxygen atoms in total. The summed E-state index contributed by atoms with van der Waals surface area (Å²) in [6.45, 7) is 0. The van der Waals surface area contributed by atoms with E-state index >= 15 is 0 Å². The van der Waals surface area contributed by atoms with E-state index in [2.05, 4.69) is 20.9 Å². The number of rotatable bonds is 4. The topological polar surface area (TPSA) is 73.1 Å². The second kappa shape index (κ2) is 5.76. The quantitative estimate of drug-likeness (QED) is 0.831. The molecule has 0 spiro atoms. The first-order valence-electron chi connectivity index (χ1n) is 4.45. The van der Waals surface area contributed by atoms with Crippen molar-refractivity contribution in [3.63, 3.8) is 0 Å². The van der Waals surface area contributed by atoms with Gasteiger partial charge in [-0.3, -0.25) is 0 Å². The highest BCUT2D eigenvalue weighted by atomic mass is 79.9. The van der Waals surface area contributed by atoms with Crippen LogP contribution < -0.4 is 5.14 Å². The van der Waals surface area contributed by atoms with Gasteiger partial charge in [0.1, 0.15) is 5.03 Å². The van der Waals surface area contributed by atoms with Crippen molar-refractivity contribution in [3.05, 3.63) is 22.3 Å². The molecular weight excluding hydrogens is 357 g/mol. The van der Waals surface area contributed by atoms with Crippen molar-refractivity contribution in [1.82, 2.24) is 4.98 Å². The van der Waals surface area contributed by atoms with Crippen LogP contribution in [0.25, 0.3) is 0 Å². The molecule has 0 bridgehead atoms. The summed E-state index contributed by atoms with van der Waals surface area (Å²) >= 11 is 3.60. The summed E-state index contributed by atoms with van der Waals surface area (Å²) in [4.78, 5) is 3.62. The lowest BCUT2D eigenvalue weighted by atomic mass is 10.3. The first-order chi connectivity index (χ1) is 8.09. The van der Waals surface area contributed by atoms with Crippen LogP contribution in [-0.2, 0) is 16.2 Å². The summed E-state index contributed by atoms with van der Waals surface area (Å²) in [7, 11) is -3.69. The summed E-state index contributed by atoms with van der Waals surface area (Å²) in [5, 5.41) is 4.49. The fourth-order valence-corrected chi connectivity index (χ4v) is 3.24. The van der Waals surface area contributed by atoms with Crippen LogP contribution in [0, 0.1) is 0 Å². The van der Waals surface area contributed by atoms with Gasteiger partial charge in [0.05, 0.1) is 11.3 Å². The molecule has 0 aliphatic carbocycles. The fraction of sp³-hybridized carbons (Fsp3) is 0.375. The summed E-state index contributed by atoms with van der Waals surface area (Å²) in [6, 6.07) is 0.895. The van der Waals surface area contributed by atoms with Gasteiger partial charge in [0.15, 0.2) is 0 Å². The number of nitrogens with two attached hydrogens (primary N) is 1. The number of pyridine rings is 1. The number of primary sulfonamides is 1. The van der Waals surface area contributed by atoms with Gasteiger partial charge in [0, 0.05) is 16.4 Å². The van der Waals surface area contributed by atoms with E-state index in [1.165, 1.54) is 6.20 Å². The third kappa shape index (κ3) is 5.12. The number of aromatic nitrogens is 1. The normalized spacial score (nSPS) is 12.7. The van der Waals surface area contributed by atoms with Crippen LogP contribution in [0.1, 0.15) is 5.56 Å². The minimum Gasteiger partial charge on any atom is -0.248 e. The highest BCUT2D eigenvalue weighted by molar-refractivity contribution is 9.10.